The van der Waals surface area contributed by atoms with E-state index in [1.807, 2.05) is 0 Å². The van der Waals surface area contributed by atoms with Crippen molar-refractivity contribution in [3.8, 4) is 11.5 Å². The van der Waals surface area contributed by atoms with Crippen LogP contribution in [0.1, 0.15) is 25.8 Å². The average molecular weight is 471 g/mol. The number of phenolic OH excluding ortho intramolecular Hbond substituents is 1. The van der Waals surface area contributed by atoms with Gasteiger partial charge in [-0.1, -0.05) is 6.07 Å². The number of aromatic hydroxyl groups is 1. The number of methoxy groups -OCH3 is 1. The summed E-state index contributed by atoms with van der Waals surface area (Å²) in [6, 6.07) is 4.62. The Morgan fingerprint density at radius 1 is 1.32 bits per heavy atom. The van der Waals surface area contributed by atoms with E-state index in [4.69, 9.17) is 15.2 Å². The molecule has 0 radical (unpaired) electrons. The number of fused-ring (bicyclic) bond motifs is 1. The van der Waals surface area contributed by atoms with Gasteiger partial charge in [0.2, 0.25) is 0 Å². The topological polar surface area (TPSA) is 183 Å². The van der Waals surface area contributed by atoms with Gasteiger partial charge >= 0.3 is 0 Å². The molecule has 4 atom stereocenters. The highest BCUT2D eigenvalue weighted by atomic mass is 16.6. The average Bonchev–Trinajstić information content (AvgIpc) is 3.36. The molecule has 0 spiro atoms. The minimum atomic E-state index is -2.19. The molecule has 180 valence electrons. The Hall–Kier alpha value is -3.61. The summed E-state index contributed by atoms with van der Waals surface area (Å²) in [5.74, 6) is -1.11. The maximum atomic E-state index is 12.6. The first-order valence-corrected chi connectivity index (χ1v) is 10.4. The molecule has 0 amide bonds. The number of phenols is 1. The molecule has 0 saturated carbocycles. The van der Waals surface area contributed by atoms with Crippen molar-refractivity contribution in [2.24, 2.45) is 0 Å². The molecule has 1 unspecified atom stereocenters. The fourth-order valence-electron chi connectivity index (χ4n) is 4.39. The van der Waals surface area contributed by atoms with E-state index in [9.17, 15) is 24.9 Å². The van der Waals surface area contributed by atoms with Crippen LogP contribution in [0.3, 0.4) is 0 Å². The first kappa shape index (κ1) is 23.5. The van der Waals surface area contributed by atoms with Gasteiger partial charge in [0.1, 0.15) is 24.1 Å². The van der Waals surface area contributed by atoms with Crippen molar-refractivity contribution in [1.82, 2.24) is 19.5 Å². The van der Waals surface area contributed by atoms with Crippen molar-refractivity contribution in [3.05, 3.63) is 36.4 Å². The van der Waals surface area contributed by atoms with Crippen LogP contribution in [0.4, 0.5) is 5.82 Å². The van der Waals surface area contributed by atoms with Gasteiger partial charge < -0.3 is 30.5 Å². The van der Waals surface area contributed by atoms with Crippen molar-refractivity contribution >= 4 is 28.5 Å². The molecule has 34 heavy (non-hydrogen) atoms. The van der Waals surface area contributed by atoms with Gasteiger partial charge in [-0.3, -0.25) is 14.2 Å². The summed E-state index contributed by atoms with van der Waals surface area (Å²) < 4.78 is 12.9. The third kappa shape index (κ3) is 3.65. The second kappa shape index (κ2) is 8.31. The minimum Gasteiger partial charge on any atom is -0.504 e. The van der Waals surface area contributed by atoms with Crippen LogP contribution in [0.2, 0.25) is 0 Å². The molecule has 0 aliphatic carbocycles. The first-order valence-electron chi connectivity index (χ1n) is 10.4. The fourth-order valence-corrected chi connectivity index (χ4v) is 4.39. The fraction of sp³-hybridized carbons (Fsp3) is 0.409. The lowest BCUT2D eigenvalue weighted by atomic mass is 9.83. The van der Waals surface area contributed by atoms with Gasteiger partial charge in [-0.25, -0.2) is 15.0 Å². The molecule has 12 heteroatoms. The van der Waals surface area contributed by atoms with Gasteiger partial charge in [0.25, 0.3) is 0 Å². The maximum Gasteiger partial charge on any atom is 0.167 e. The number of nitrogen functional groups attached to an aromatic ring is 1. The summed E-state index contributed by atoms with van der Waals surface area (Å²) in [6.07, 6.45) is -1.01. The van der Waals surface area contributed by atoms with Crippen LogP contribution in [-0.2, 0) is 26.5 Å². The van der Waals surface area contributed by atoms with E-state index in [-0.39, 0.29) is 41.3 Å². The summed E-state index contributed by atoms with van der Waals surface area (Å²) >= 11 is 0. The summed E-state index contributed by atoms with van der Waals surface area (Å²) in [6.45, 7) is 2.30. The second-order valence-corrected chi connectivity index (χ2v) is 8.43. The number of ketones is 2. The number of imidazole rings is 1. The SMILES string of the molecule is COc1cc(C[C@]2(n3cnc4c(N)ncnc43)C[C@@](O)(C(C)=O)[C@@H](C(O)C(C)=O)O2)ccc1O. The molecule has 1 aliphatic heterocycles. The first-order chi connectivity index (χ1) is 16.0. The predicted molar refractivity (Wildman–Crippen MR) is 118 cm³/mol. The van der Waals surface area contributed by atoms with E-state index in [1.165, 1.54) is 30.4 Å². The van der Waals surface area contributed by atoms with Crippen LogP contribution in [0.25, 0.3) is 11.2 Å². The van der Waals surface area contributed by atoms with Crippen molar-refractivity contribution in [1.29, 1.82) is 0 Å². The Morgan fingerprint density at radius 2 is 2.06 bits per heavy atom. The number of hydrogen-bond acceptors (Lipinski definition) is 11. The highest BCUT2D eigenvalue weighted by Crippen LogP contribution is 2.47. The van der Waals surface area contributed by atoms with Crippen LogP contribution in [0.15, 0.2) is 30.9 Å². The number of aliphatic hydroxyl groups is 2. The third-order valence-corrected chi connectivity index (χ3v) is 6.20. The Balaban J connectivity index is 1.93. The Kier molecular flexibility index (Phi) is 5.75. The molecule has 0 bridgehead atoms. The molecule has 1 aliphatic rings. The number of Topliss-reactive ketones (excluding diaryl/α,β-unsaturated/α-hetero) is 2. The van der Waals surface area contributed by atoms with Gasteiger partial charge in [0.05, 0.1) is 13.4 Å². The monoisotopic (exact) mass is 471 g/mol. The van der Waals surface area contributed by atoms with E-state index < -0.39 is 35.1 Å². The summed E-state index contributed by atoms with van der Waals surface area (Å²) in [4.78, 5) is 37.1. The molecular formula is C22H25N5O7. The molecule has 1 aromatic carbocycles. The second-order valence-electron chi connectivity index (χ2n) is 8.43. The summed E-state index contributed by atoms with van der Waals surface area (Å²) in [7, 11) is 1.40. The highest BCUT2D eigenvalue weighted by molar-refractivity contribution is 5.89. The summed E-state index contributed by atoms with van der Waals surface area (Å²) in [5.41, 5.74) is 3.35. The quantitative estimate of drug-likeness (QED) is 0.366. The van der Waals surface area contributed by atoms with Gasteiger partial charge in [-0.15, -0.1) is 0 Å². The minimum absolute atomic E-state index is 0.0235. The lowest BCUT2D eigenvalue weighted by Gasteiger charge is -2.31. The highest BCUT2D eigenvalue weighted by Gasteiger charge is 2.62. The van der Waals surface area contributed by atoms with Crippen molar-refractivity contribution in [2.45, 2.75) is 50.2 Å². The van der Waals surface area contributed by atoms with Crippen molar-refractivity contribution in [2.75, 3.05) is 12.8 Å². The smallest absolute Gasteiger partial charge is 0.167 e. The number of carbonyl (C=O) groups excluding carboxylic acids is 2. The van der Waals surface area contributed by atoms with E-state index in [2.05, 4.69) is 15.0 Å². The van der Waals surface area contributed by atoms with Crippen LogP contribution >= 0.6 is 0 Å². The van der Waals surface area contributed by atoms with E-state index in [1.54, 1.807) is 12.1 Å². The zero-order chi connectivity index (χ0) is 24.8. The Labute approximate surface area is 194 Å². The van der Waals surface area contributed by atoms with Crippen LogP contribution in [0, 0.1) is 0 Å². The number of nitrogens with zero attached hydrogens (tertiary/aromatic N) is 4. The number of hydrogen-bond donors (Lipinski definition) is 4. The number of anilines is 1. The van der Waals surface area contributed by atoms with Gasteiger partial charge in [-0.2, -0.15) is 0 Å². The Bertz CT molecular complexity index is 1280. The van der Waals surface area contributed by atoms with Crippen molar-refractivity contribution < 1.29 is 34.4 Å². The molecule has 1 saturated heterocycles. The van der Waals surface area contributed by atoms with Gasteiger partial charge in [-0.05, 0) is 31.5 Å². The standard InChI is InChI=1S/C22H25N5O7/c1-11(28)17(31)18-22(32,12(2)29)8-21(34-18,7-13-4-5-14(30)15(6-13)33-3)27-10-26-16-19(23)24-9-25-20(16)27/h4-6,9-10,17-18,30-32H,7-8H2,1-3H3,(H2,23,24,25)/t17?,18-,21-,22-/m1/s1. The van der Waals surface area contributed by atoms with Crippen LogP contribution in [-0.4, -0.2) is 71.3 Å². The molecule has 2 aromatic heterocycles. The number of carbonyl (C=O) groups is 2. The van der Waals surface area contributed by atoms with Crippen molar-refractivity contribution in [3.63, 3.8) is 0 Å². The number of nitrogens with two attached hydrogens (primary N) is 1. The van der Waals surface area contributed by atoms with Gasteiger partial charge in [0, 0.05) is 12.8 Å². The lowest BCUT2D eigenvalue weighted by molar-refractivity contribution is -0.168. The number of aromatic nitrogens is 4. The van der Waals surface area contributed by atoms with E-state index in [0.717, 1.165) is 13.8 Å². The van der Waals surface area contributed by atoms with E-state index >= 15 is 0 Å². The van der Waals surface area contributed by atoms with E-state index in [0.29, 0.717) is 5.56 Å². The lowest BCUT2D eigenvalue weighted by Crippen LogP contribution is -2.52. The molecule has 3 aromatic rings. The molecule has 5 N–H and O–H groups in total. The predicted octanol–water partition coefficient (Wildman–Crippen LogP) is 0.0771. The molecule has 4 rings (SSSR count). The van der Waals surface area contributed by atoms with Crippen LogP contribution < -0.4 is 10.5 Å². The normalized spacial score (nSPS) is 25.4. The molecule has 12 nitrogen and oxygen atoms in total. The van der Waals surface area contributed by atoms with Crippen LogP contribution in [0.5, 0.6) is 11.5 Å². The number of ether oxygens (including phenoxy) is 2. The molecule has 1 fully saturated rings. The Morgan fingerprint density at radius 3 is 2.71 bits per heavy atom. The zero-order valence-electron chi connectivity index (χ0n) is 18.8. The third-order valence-electron chi connectivity index (χ3n) is 6.20. The summed E-state index contributed by atoms with van der Waals surface area (Å²) in [5, 5.41) is 32.0. The van der Waals surface area contributed by atoms with Gasteiger partial charge in [0.15, 0.2) is 45.9 Å². The maximum absolute atomic E-state index is 12.6. The largest absolute Gasteiger partial charge is 0.504 e. The number of benzene rings is 1. The number of aliphatic hydroxyl groups excluding tert-OH is 1. The molecule has 3 heterocycles. The number of rotatable bonds is 7. The molecular weight excluding hydrogens is 446 g/mol. The zero-order valence-corrected chi connectivity index (χ0v) is 18.8.